The maximum atomic E-state index is 10.9. The van der Waals surface area contributed by atoms with Gasteiger partial charge < -0.3 is 9.74 Å². The van der Waals surface area contributed by atoms with Crippen molar-refractivity contribution in [1.82, 2.24) is 9.96 Å². The highest BCUT2D eigenvalue weighted by atomic mass is 16.7. The van der Waals surface area contributed by atoms with Gasteiger partial charge in [-0.1, -0.05) is 0 Å². The van der Waals surface area contributed by atoms with E-state index in [-0.39, 0.29) is 6.42 Å². The van der Waals surface area contributed by atoms with Gasteiger partial charge in [0.1, 0.15) is 6.42 Å². The molecule has 5 heteroatoms. The Kier molecular flexibility index (Phi) is 3.68. The zero-order valence-electron chi connectivity index (χ0n) is 7.69. The number of rotatable bonds is 2. The number of carbonyl (C=O) groups excluding carboxylic acids is 1. The Hall–Kier alpha value is -1.12. The van der Waals surface area contributed by atoms with E-state index in [9.17, 15) is 4.79 Å². The summed E-state index contributed by atoms with van der Waals surface area (Å²) in [7, 11) is 2.02. The number of hydroxylamine groups is 2. The molecule has 0 aromatic carbocycles. The van der Waals surface area contributed by atoms with Crippen LogP contribution in [-0.2, 0) is 9.63 Å². The number of carbonyl (C=O) groups is 1. The fourth-order valence-electron chi connectivity index (χ4n) is 1.12. The molecular weight excluding hydrogens is 170 g/mol. The lowest BCUT2D eigenvalue weighted by Gasteiger charge is -2.30. The van der Waals surface area contributed by atoms with Crippen molar-refractivity contribution >= 4 is 5.97 Å². The van der Waals surface area contributed by atoms with E-state index in [4.69, 9.17) is 10.1 Å². The van der Waals surface area contributed by atoms with Crippen molar-refractivity contribution < 1.29 is 9.63 Å². The lowest BCUT2D eigenvalue weighted by molar-refractivity contribution is -0.195. The molecule has 1 fully saturated rings. The second-order valence-electron chi connectivity index (χ2n) is 3.03. The Labute approximate surface area is 77.4 Å². The standard InChI is InChI=1S/C8H13N3O2/c1-10-4-6-11(7-5-10)13-8(12)2-3-9/h2,4-7H2,1H3. The predicted octanol–water partition coefficient (Wildman–Crippen LogP) is -0.394. The first-order valence-electron chi connectivity index (χ1n) is 4.23. The van der Waals surface area contributed by atoms with Gasteiger partial charge in [-0.3, -0.25) is 0 Å². The topological polar surface area (TPSA) is 56.6 Å². The number of piperazine rings is 1. The molecule has 0 atom stereocenters. The molecule has 72 valence electrons. The molecule has 0 radical (unpaired) electrons. The van der Waals surface area contributed by atoms with Crippen molar-refractivity contribution in [1.29, 1.82) is 5.26 Å². The molecule has 0 saturated carbocycles. The van der Waals surface area contributed by atoms with E-state index >= 15 is 0 Å². The number of likely N-dealkylation sites (N-methyl/N-ethyl adjacent to an activating group) is 1. The zero-order valence-corrected chi connectivity index (χ0v) is 7.69. The van der Waals surface area contributed by atoms with Crippen molar-refractivity contribution in [3.63, 3.8) is 0 Å². The number of nitrogens with zero attached hydrogens (tertiary/aromatic N) is 3. The maximum Gasteiger partial charge on any atom is 0.339 e. The fraction of sp³-hybridized carbons (Fsp3) is 0.750. The molecule has 0 aromatic heterocycles. The molecule has 1 heterocycles. The molecule has 5 nitrogen and oxygen atoms in total. The number of nitriles is 1. The summed E-state index contributed by atoms with van der Waals surface area (Å²) in [6, 6.07) is 1.75. The quantitative estimate of drug-likeness (QED) is 0.583. The Balaban J connectivity index is 2.23. The van der Waals surface area contributed by atoms with Gasteiger partial charge in [-0.25, -0.2) is 4.79 Å². The summed E-state index contributed by atoms with van der Waals surface area (Å²) in [5.74, 6) is -0.466. The van der Waals surface area contributed by atoms with E-state index in [2.05, 4.69) is 4.90 Å². The third kappa shape index (κ3) is 3.40. The monoisotopic (exact) mass is 183 g/mol. The van der Waals surface area contributed by atoms with Crippen LogP contribution in [0.4, 0.5) is 0 Å². The molecule has 0 bridgehead atoms. The normalized spacial score (nSPS) is 19.4. The van der Waals surface area contributed by atoms with Crippen LogP contribution in [0.1, 0.15) is 6.42 Å². The van der Waals surface area contributed by atoms with Gasteiger partial charge in [0.05, 0.1) is 6.07 Å². The molecule has 0 spiro atoms. The Morgan fingerprint density at radius 1 is 1.46 bits per heavy atom. The highest BCUT2D eigenvalue weighted by Gasteiger charge is 2.17. The summed E-state index contributed by atoms with van der Waals surface area (Å²) in [6.07, 6.45) is -0.174. The first-order chi connectivity index (χ1) is 6.22. The van der Waals surface area contributed by atoms with Gasteiger partial charge in [-0.05, 0) is 7.05 Å². The first kappa shape index (κ1) is 9.96. The lowest BCUT2D eigenvalue weighted by Crippen LogP contribution is -2.45. The van der Waals surface area contributed by atoms with Crippen molar-refractivity contribution in [2.75, 3.05) is 33.2 Å². The highest BCUT2D eigenvalue weighted by Crippen LogP contribution is 2.00. The minimum Gasteiger partial charge on any atom is -0.367 e. The molecule has 1 aliphatic heterocycles. The van der Waals surface area contributed by atoms with Gasteiger partial charge in [0.25, 0.3) is 0 Å². The van der Waals surface area contributed by atoms with Crippen LogP contribution in [0.5, 0.6) is 0 Å². The van der Waals surface area contributed by atoms with Gasteiger partial charge in [0.2, 0.25) is 0 Å². The van der Waals surface area contributed by atoms with Crippen molar-refractivity contribution in [3.05, 3.63) is 0 Å². The number of hydrogen-bond acceptors (Lipinski definition) is 5. The third-order valence-corrected chi connectivity index (χ3v) is 1.92. The van der Waals surface area contributed by atoms with Crippen LogP contribution in [0.3, 0.4) is 0 Å². The van der Waals surface area contributed by atoms with Crippen LogP contribution in [0, 0.1) is 11.3 Å². The summed E-state index contributed by atoms with van der Waals surface area (Å²) >= 11 is 0. The van der Waals surface area contributed by atoms with Crippen LogP contribution in [0.25, 0.3) is 0 Å². The molecule has 0 aromatic rings. The van der Waals surface area contributed by atoms with Crippen LogP contribution in [0.2, 0.25) is 0 Å². The summed E-state index contributed by atoms with van der Waals surface area (Å²) in [5.41, 5.74) is 0. The lowest BCUT2D eigenvalue weighted by atomic mass is 10.4. The highest BCUT2D eigenvalue weighted by molar-refractivity contribution is 5.71. The molecule has 0 amide bonds. The van der Waals surface area contributed by atoms with Gasteiger partial charge in [0, 0.05) is 26.2 Å². The van der Waals surface area contributed by atoms with Crippen molar-refractivity contribution in [2.24, 2.45) is 0 Å². The average Bonchev–Trinajstić information content (AvgIpc) is 2.09. The SMILES string of the molecule is CN1CCN(OC(=O)CC#N)CC1. The van der Waals surface area contributed by atoms with Gasteiger partial charge >= 0.3 is 5.97 Å². The minimum absolute atomic E-state index is 0.174. The maximum absolute atomic E-state index is 10.9. The van der Waals surface area contributed by atoms with E-state index in [0.29, 0.717) is 13.1 Å². The molecule has 13 heavy (non-hydrogen) atoms. The van der Waals surface area contributed by atoms with Crippen LogP contribution >= 0.6 is 0 Å². The molecule has 0 aliphatic carbocycles. The van der Waals surface area contributed by atoms with E-state index in [1.165, 1.54) is 0 Å². The van der Waals surface area contributed by atoms with Gasteiger partial charge in [0.15, 0.2) is 0 Å². The smallest absolute Gasteiger partial charge is 0.339 e. The van der Waals surface area contributed by atoms with Crippen LogP contribution in [-0.4, -0.2) is 49.2 Å². The largest absolute Gasteiger partial charge is 0.367 e. The molecule has 1 aliphatic rings. The molecule has 1 saturated heterocycles. The second kappa shape index (κ2) is 4.80. The van der Waals surface area contributed by atoms with Crippen LogP contribution in [0.15, 0.2) is 0 Å². The fourth-order valence-corrected chi connectivity index (χ4v) is 1.12. The third-order valence-electron chi connectivity index (χ3n) is 1.92. The molecular formula is C8H13N3O2. The molecule has 1 rings (SSSR count). The van der Waals surface area contributed by atoms with Crippen molar-refractivity contribution in [3.8, 4) is 6.07 Å². The molecule has 0 unspecified atom stereocenters. The second-order valence-corrected chi connectivity index (χ2v) is 3.03. The average molecular weight is 183 g/mol. The van der Waals surface area contributed by atoms with Gasteiger partial charge in [-0.2, -0.15) is 5.26 Å². The first-order valence-corrected chi connectivity index (χ1v) is 4.23. The van der Waals surface area contributed by atoms with E-state index in [1.807, 2.05) is 7.05 Å². The summed E-state index contributed by atoms with van der Waals surface area (Å²) < 4.78 is 0. The Bertz CT molecular complexity index is 216. The van der Waals surface area contributed by atoms with Crippen LogP contribution < -0.4 is 0 Å². The van der Waals surface area contributed by atoms with Gasteiger partial charge in [-0.15, -0.1) is 5.06 Å². The van der Waals surface area contributed by atoms with Crippen molar-refractivity contribution in [2.45, 2.75) is 6.42 Å². The summed E-state index contributed by atoms with van der Waals surface area (Å²) in [4.78, 5) is 18.0. The van der Waals surface area contributed by atoms with E-state index in [1.54, 1.807) is 11.1 Å². The predicted molar refractivity (Wildman–Crippen MR) is 45.4 cm³/mol. The zero-order chi connectivity index (χ0) is 9.68. The Morgan fingerprint density at radius 3 is 2.62 bits per heavy atom. The molecule has 0 N–H and O–H groups in total. The van der Waals surface area contributed by atoms with E-state index in [0.717, 1.165) is 13.1 Å². The summed E-state index contributed by atoms with van der Waals surface area (Å²) in [5, 5.41) is 9.84. The Morgan fingerprint density at radius 2 is 2.08 bits per heavy atom. The summed E-state index contributed by atoms with van der Waals surface area (Å²) in [6.45, 7) is 3.21. The number of hydrogen-bond donors (Lipinski definition) is 0. The van der Waals surface area contributed by atoms with E-state index < -0.39 is 5.97 Å². The minimum atomic E-state index is -0.466.